The van der Waals surface area contributed by atoms with Crippen molar-refractivity contribution < 1.29 is 9.90 Å². The fourth-order valence-electron chi connectivity index (χ4n) is 2.01. The largest absolute Gasteiger partial charge is 0.506 e. The molecule has 84 valence electrons. The molecule has 1 aromatic carbocycles. The lowest BCUT2D eigenvalue weighted by Crippen LogP contribution is -2.13. The first-order chi connectivity index (χ1) is 8.18. The zero-order valence-electron chi connectivity index (χ0n) is 8.79. The van der Waals surface area contributed by atoms with E-state index in [-0.39, 0.29) is 5.75 Å². The zero-order chi connectivity index (χ0) is 12.0. The van der Waals surface area contributed by atoms with Crippen molar-refractivity contribution in [3.05, 3.63) is 42.2 Å². The second kappa shape index (κ2) is 3.21. The van der Waals surface area contributed by atoms with Gasteiger partial charge >= 0.3 is 0 Å². The molecule has 1 amide bonds. The number of aromatic nitrogens is 2. The molecule has 0 radical (unpaired) electrons. The predicted molar refractivity (Wildman–Crippen MR) is 62.9 cm³/mol. The van der Waals surface area contributed by atoms with Crippen LogP contribution in [-0.2, 0) is 0 Å². The van der Waals surface area contributed by atoms with Crippen molar-refractivity contribution in [2.24, 2.45) is 5.73 Å². The summed E-state index contributed by atoms with van der Waals surface area (Å²) in [4.78, 5) is 15.4. The molecule has 3 N–H and O–H groups in total. The van der Waals surface area contributed by atoms with Gasteiger partial charge in [-0.1, -0.05) is 12.1 Å². The average Bonchev–Trinajstić information content (AvgIpc) is 2.76. The van der Waals surface area contributed by atoms with Crippen LogP contribution in [0.1, 0.15) is 10.4 Å². The van der Waals surface area contributed by atoms with Crippen LogP contribution in [0.3, 0.4) is 0 Å². The highest BCUT2D eigenvalue weighted by molar-refractivity contribution is 6.03. The Bertz CT molecular complexity index is 746. The number of phenols is 1. The highest BCUT2D eigenvalue weighted by Crippen LogP contribution is 2.27. The number of carbonyl (C=O) groups excluding carboxylic acids is 1. The molecular formula is C12H9N3O2. The molecule has 0 aliphatic rings. The van der Waals surface area contributed by atoms with Gasteiger partial charge < -0.3 is 10.8 Å². The summed E-state index contributed by atoms with van der Waals surface area (Å²) in [6.45, 7) is 0. The third-order valence-corrected chi connectivity index (χ3v) is 2.73. The fraction of sp³-hybridized carbons (Fsp3) is 0. The first-order valence-corrected chi connectivity index (χ1v) is 5.06. The van der Waals surface area contributed by atoms with Crippen molar-refractivity contribution >= 4 is 22.5 Å². The number of hydrogen-bond acceptors (Lipinski definition) is 3. The Morgan fingerprint density at radius 1 is 1.41 bits per heavy atom. The molecule has 0 saturated carbocycles. The highest BCUT2D eigenvalue weighted by Gasteiger charge is 2.13. The van der Waals surface area contributed by atoms with Crippen molar-refractivity contribution in [3.63, 3.8) is 0 Å². The molecular weight excluding hydrogens is 218 g/mol. The number of phenolic OH excluding ortho intramolecular Hbond substituents is 1. The van der Waals surface area contributed by atoms with E-state index in [9.17, 15) is 9.90 Å². The fourth-order valence-corrected chi connectivity index (χ4v) is 2.01. The molecule has 0 saturated heterocycles. The summed E-state index contributed by atoms with van der Waals surface area (Å²) in [5.74, 6) is -0.395. The molecule has 5 nitrogen and oxygen atoms in total. The summed E-state index contributed by atoms with van der Waals surface area (Å²) in [5, 5.41) is 10.6. The Labute approximate surface area is 96.1 Å². The number of hydrogen-bond donors (Lipinski definition) is 2. The first kappa shape index (κ1) is 9.65. The van der Waals surface area contributed by atoms with Crippen molar-refractivity contribution in [3.8, 4) is 5.75 Å². The summed E-state index contributed by atoms with van der Waals surface area (Å²) in [5.41, 5.74) is 6.72. The number of para-hydroxylation sites is 1. The van der Waals surface area contributed by atoms with Gasteiger partial charge in [-0.05, 0) is 12.1 Å². The lowest BCUT2D eigenvalue weighted by atomic mass is 10.1. The van der Waals surface area contributed by atoms with Crippen LogP contribution in [0.25, 0.3) is 16.6 Å². The maximum atomic E-state index is 11.3. The summed E-state index contributed by atoms with van der Waals surface area (Å²) in [6, 6.07) is 6.75. The van der Waals surface area contributed by atoms with Gasteiger partial charge in [-0.3, -0.25) is 9.20 Å². The van der Waals surface area contributed by atoms with Gasteiger partial charge in [0.25, 0.3) is 5.91 Å². The van der Waals surface area contributed by atoms with Crippen molar-refractivity contribution in [2.75, 3.05) is 0 Å². The molecule has 0 aliphatic heterocycles. The lowest BCUT2D eigenvalue weighted by molar-refractivity contribution is 0.100. The number of carbonyl (C=O) groups is 1. The molecule has 5 heteroatoms. The van der Waals surface area contributed by atoms with E-state index in [4.69, 9.17) is 5.73 Å². The molecule has 2 aromatic heterocycles. The van der Waals surface area contributed by atoms with Crippen LogP contribution in [0, 0.1) is 0 Å². The average molecular weight is 227 g/mol. The van der Waals surface area contributed by atoms with Gasteiger partial charge in [0.15, 0.2) is 0 Å². The second-order valence-corrected chi connectivity index (χ2v) is 3.76. The quantitative estimate of drug-likeness (QED) is 0.657. The van der Waals surface area contributed by atoms with Gasteiger partial charge in [0, 0.05) is 17.8 Å². The van der Waals surface area contributed by atoms with Crippen LogP contribution < -0.4 is 5.73 Å². The van der Waals surface area contributed by atoms with Crippen molar-refractivity contribution in [1.82, 2.24) is 9.38 Å². The number of primary amides is 1. The van der Waals surface area contributed by atoms with Crippen molar-refractivity contribution in [1.29, 1.82) is 0 Å². The first-order valence-electron chi connectivity index (χ1n) is 5.06. The number of nitrogens with two attached hydrogens (primary N) is 1. The zero-order valence-corrected chi connectivity index (χ0v) is 8.79. The Morgan fingerprint density at radius 2 is 2.24 bits per heavy atom. The van der Waals surface area contributed by atoms with Crippen LogP contribution in [0.15, 0.2) is 36.7 Å². The third-order valence-electron chi connectivity index (χ3n) is 2.73. The standard InChI is InChI=1S/C12H9N3O2/c13-11(17)8-6-7-2-1-3-9(16)10(7)15-5-4-14-12(8)15/h1-6,16H,(H2,13,17). The van der Waals surface area contributed by atoms with Gasteiger partial charge in [0.1, 0.15) is 11.4 Å². The van der Waals surface area contributed by atoms with E-state index < -0.39 is 5.91 Å². The summed E-state index contributed by atoms with van der Waals surface area (Å²) in [6.07, 6.45) is 3.25. The number of amides is 1. The molecule has 0 unspecified atom stereocenters. The Kier molecular flexibility index (Phi) is 1.82. The van der Waals surface area contributed by atoms with Crippen LogP contribution >= 0.6 is 0 Å². The number of fused-ring (bicyclic) bond motifs is 3. The maximum absolute atomic E-state index is 11.3. The van der Waals surface area contributed by atoms with Gasteiger partial charge in [-0.2, -0.15) is 0 Å². The molecule has 0 bridgehead atoms. The molecule has 0 spiro atoms. The maximum Gasteiger partial charge on any atom is 0.252 e. The smallest absolute Gasteiger partial charge is 0.252 e. The number of imidazole rings is 1. The van der Waals surface area contributed by atoms with Crippen LogP contribution in [0.5, 0.6) is 5.75 Å². The number of benzene rings is 1. The number of pyridine rings is 1. The van der Waals surface area contributed by atoms with E-state index in [0.29, 0.717) is 16.7 Å². The van der Waals surface area contributed by atoms with E-state index in [1.165, 1.54) is 0 Å². The molecule has 0 atom stereocenters. The van der Waals surface area contributed by atoms with E-state index in [1.807, 2.05) is 0 Å². The summed E-state index contributed by atoms with van der Waals surface area (Å²) in [7, 11) is 0. The molecule has 2 heterocycles. The molecule has 17 heavy (non-hydrogen) atoms. The molecule has 0 fully saturated rings. The van der Waals surface area contributed by atoms with Gasteiger partial charge in [-0.15, -0.1) is 0 Å². The topological polar surface area (TPSA) is 80.6 Å². The molecule has 0 aliphatic carbocycles. The van der Waals surface area contributed by atoms with Gasteiger partial charge in [-0.25, -0.2) is 4.98 Å². The lowest BCUT2D eigenvalue weighted by Gasteiger charge is -2.07. The van der Waals surface area contributed by atoms with Crippen LogP contribution in [0.2, 0.25) is 0 Å². The summed E-state index contributed by atoms with van der Waals surface area (Å²) >= 11 is 0. The van der Waals surface area contributed by atoms with Crippen LogP contribution in [0.4, 0.5) is 0 Å². The molecule has 3 aromatic rings. The Balaban J connectivity index is 2.61. The second-order valence-electron chi connectivity index (χ2n) is 3.76. The van der Waals surface area contributed by atoms with Gasteiger partial charge in [0.05, 0.1) is 11.1 Å². The monoisotopic (exact) mass is 227 g/mol. The minimum atomic E-state index is -0.536. The summed E-state index contributed by atoms with van der Waals surface area (Å²) < 4.78 is 1.66. The minimum Gasteiger partial charge on any atom is -0.506 e. The number of nitrogens with zero attached hydrogens (tertiary/aromatic N) is 2. The van der Waals surface area contributed by atoms with E-state index in [1.54, 1.807) is 41.1 Å². The molecule has 3 rings (SSSR count). The van der Waals surface area contributed by atoms with Crippen molar-refractivity contribution in [2.45, 2.75) is 0 Å². The number of rotatable bonds is 1. The predicted octanol–water partition coefficient (Wildman–Crippen LogP) is 1.29. The Morgan fingerprint density at radius 3 is 3.00 bits per heavy atom. The third kappa shape index (κ3) is 1.25. The van der Waals surface area contributed by atoms with Gasteiger partial charge in [0.2, 0.25) is 0 Å². The van der Waals surface area contributed by atoms with Crippen LogP contribution in [-0.4, -0.2) is 20.4 Å². The SMILES string of the molecule is NC(=O)c1cc2cccc(O)c2n2ccnc12. The minimum absolute atomic E-state index is 0.140. The number of aromatic hydroxyl groups is 1. The van der Waals surface area contributed by atoms with E-state index in [0.717, 1.165) is 5.39 Å². The van der Waals surface area contributed by atoms with E-state index in [2.05, 4.69) is 4.98 Å². The normalized spacial score (nSPS) is 11.1. The Hall–Kier alpha value is -2.56. The van der Waals surface area contributed by atoms with E-state index >= 15 is 0 Å². The highest BCUT2D eigenvalue weighted by atomic mass is 16.3.